The molecule has 1 heterocycles. The van der Waals surface area contributed by atoms with E-state index in [0.717, 1.165) is 24.2 Å². The monoisotopic (exact) mass is 362 g/mol. The zero-order valence-corrected chi connectivity index (χ0v) is 16.0. The fourth-order valence-electron chi connectivity index (χ4n) is 3.43. The fraction of sp³-hybridized carbons (Fsp3) is 0.600. The Morgan fingerprint density at radius 3 is 2.58 bits per heavy atom. The van der Waals surface area contributed by atoms with E-state index in [1.807, 2.05) is 31.2 Å². The third-order valence-corrected chi connectivity index (χ3v) is 4.99. The van der Waals surface area contributed by atoms with Gasteiger partial charge >= 0.3 is 0 Å². The number of hydrogen-bond acceptors (Lipinski definition) is 4. The highest BCUT2D eigenvalue weighted by Gasteiger charge is 2.37. The van der Waals surface area contributed by atoms with E-state index in [1.54, 1.807) is 14.2 Å². The molecule has 26 heavy (non-hydrogen) atoms. The summed E-state index contributed by atoms with van der Waals surface area (Å²) in [7, 11) is 3.27. The summed E-state index contributed by atoms with van der Waals surface area (Å²) in [5, 5.41) is 6.12. The molecule has 1 fully saturated rings. The summed E-state index contributed by atoms with van der Waals surface area (Å²) < 4.78 is 10.3. The molecular weight excluding hydrogens is 332 g/mol. The molecule has 6 heteroatoms. The molecule has 2 atom stereocenters. The maximum Gasteiger partial charge on any atom is 0.220 e. The van der Waals surface area contributed by atoms with E-state index in [2.05, 4.69) is 10.6 Å². The predicted molar refractivity (Wildman–Crippen MR) is 100 cm³/mol. The first-order valence-electron chi connectivity index (χ1n) is 9.22. The molecule has 2 amide bonds. The fourth-order valence-corrected chi connectivity index (χ4v) is 3.43. The Labute approximate surface area is 155 Å². The third-order valence-electron chi connectivity index (χ3n) is 4.99. The molecule has 6 nitrogen and oxygen atoms in total. The number of ether oxygens (including phenoxy) is 2. The normalized spacial score (nSPS) is 20.5. The molecule has 1 aliphatic rings. The molecule has 0 aromatic heterocycles. The van der Waals surface area contributed by atoms with Crippen LogP contribution in [0.3, 0.4) is 0 Å². The number of carbonyl (C=O) groups is 2. The summed E-state index contributed by atoms with van der Waals surface area (Å²) in [5.74, 6) is 0.871. The summed E-state index contributed by atoms with van der Waals surface area (Å²) in [6.07, 6.45) is 3.81. The molecule has 144 valence electrons. The minimum atomic E-state index is -0.355. The van der Waals surface area contributed by atoms with Crippen LogP contribution in [0.25, 0.3) is 0 Å². The summed E-state index contributed by atoms with van der Waals surface area (Å²) >= 11 is 0. The Morgan fingerprint density at radius 2 is 2.04 bits per heavy atom. The molecular formula is C20H30N2O4. The van der Waals surface area contributed by atoms with Gasteiger partial charge in [0, 0.05) is 25.5 Å². The summed E-state index contributed by atoms with van der Waals surface area (Å²) in [5.41, 5.74) is 0.769. The zero-order chi connectivity index (χ0) is 19.0. The molecule has 0 saturated carbocycles. The van der Waals surface area contributed by atoms with E-state index < -0.39 is 0 Å². The molecule has 1 aromatic carbocycles. The average Bonchev–Trinajstić information content (AvgIpc) is 3.01. The number of carbonyl (C=O) groups excluding carboxylic acids is 2. The largest absolute Gasteiger partial charge is 0.497 e. The van der Waals surface area contributed by atoms with Gasteiger partial charge in [0.1, 0.15) is 5.75 Å². The van der Waals surface area contributed by atoms with Crippen molar-refractivity contribution in [1.29, 1.82) is 0 Å². The molecule has 2 rings (SSSR count). The number of hydrogen-bond donors (Lipinski definition) is 2. The Morgan fingerprint density at radius 1 is 1.31 bits per heavy atom. The predicted octanol–water partition coefficient (Wildman–Crippen LogP) is 2.21. The second-order valence-corrected chi connectivity index (χ2v) is 6.98. The third kappa shape index (κ3) is 5.73. The molecule has 2 N–H and O–H groups in total. The van der Waals surface area contributed by atoms with Crippen LogP contribution in [-0.2, 0) is 20.7 Å². The Bertz CT molecular complexity index is 602. The Balaban J connectivity index is 1.97. The minimum Gasteiger partial charge on any atom is -0.497 e. The van der Waals surface area contributed by atoms with Gasteiger partial charge in [-0.05, 0) is 43.4 Å². The first kappa shape index (κ1) is 20.2. The van der Waals surface area contributed by atoms with Crippen molar-refractivity contribution in [3.63, 3.8) is 0 Å². The van der Waals surface area contributed by atoms with Crippen molar-refractivity contribution in [2.45, 2.75) is 57.0 Å². The highest BCUT2D eigenvalue weighted by molar-refractivity contribution is 5.80. The molecule has 1 aliphatic heterocycles. The van der Waals surface area contributed by atoms with Crippen molar-refractivity contribution < 1.29 is 19.1 Å². The smallest absolute Gasteiger partial charge is 0.220 e. The lowest BCUT2D eigenvalue weighted by Crippen LogP contribution is -2.45. The standard InChI is InChI=1S/C20H30N2O4/c1-4-16(14-25-2)21-18(23)9-11-20(12-10-19(24)22-20)13-15-5-7-17(26-3)8-6-15/h5-8,16H,4,9-14H2,1-3H3,(H,21,23)(H,22,24)/t16-,20+/m1/s1. The van der Waals surface area contributed by atoms with Crippen molar-refractivity contribution in [2.75, 3.05) is 20.8 Å². The summed E-state index contributed by atoms with van der Waals surface area (Å²) in [4.78, 5) is 24.2. The van der Waals surface area contributed by atoms with Crippen molar-refractivity contribution in [2.24, 2.45) is 0 Å². The highest BCUT2D eigenvalue weighted by atomic mass is 16.5. The maximum absolute atomic E-state index is 12.3. The lowest BCUT2D eigenvalue weighted by atomic mass is 9.85. The number of rotatable bonds is 10. The topological polar surface area (TPSA) is 76.7 Å². The van der Waals surface area contributed by atoms with Gasteiger partial charge in [-0.25, -0.2) is 0 Å². The van der Waals surface area contributed by atoms with Crippen LogP contribution in [0.5, 0.6) is 5.75 Å². The van der Waals surface area contributed by atoms with E-state index in [9.17, 15) is 9.59 Å². The van der Waals surface area contributed by atoms with Crippen LogP contribution in [0.15, 0.2) is 24.3 Å². The van der Waals surface area contributed by atoms with Gasteiger partial charge in [-0.15, -0.1) is 0 Å². The molecule has 0 radical (unpaired) electrons. The van der Waals surface area contributed by atoms with Crippen LogP contribution in [0.2, 0.25) is 0 Å². The summed E-state index contributed by atoms with van der Waals surface area (Å²) in [6, 6.07) is 7.89. The maximum atomic E-state index is 12.3. The van der Waals surface area contributed by atoms with Crippen LogP contribution in [-0.4, -0.2) is 44.2 Å². The second kappa shape index (κ2) is 9.57. The van der Waals surface area contributed by atoms with E-state index in [4.69, 9.17) is 9.47 Å². The van der Waals surface area contributed by atoms with Gasteiger partial charge in [0.2, 0.25) is 11.8 Å². The van der Waals surface area contributed by atoms with Crippen LogP contribution < -0.4 is 15.4 Å². The highest BCUT2D eigenvalue weighted by Crippen LogP contribution is 2.30. The first-order valence-corrected chi connectivity index (χ1v) is 9.22. The van der Waals surface area contributed by atoms with Crippen molar-refractivity contribution >= 4 is 11.8 Å². The van der Waals surface area contributed by atoms with Gasteiger partial charge in [-0.3, -0.25) is 9.59 Å². The first-order chi connectivity index (χ1) is 12.5. The summed E-state index contributed by atoms with van der Waals surface area (Å²) in [6.45, 7) is 2.53. The van der Waals surface area contributed by atoms with E-state index in [1.165, 1.54) is 0 Å². The van der Waals surface area contributed by atoms with Gasteiger partial charge in [0.25, 0.3) is 0 Å². The van der Waals surface area contributed by atoms with Crippen LogP contribution in [0.4, 0.5) is 0 Å². The molecule has 0 unspecified atom stereocenters. The average molecular weight is 362 g/mol. The van der Waals surface area contributed by atoms with Crippen LogP contribution in [0.1, 0.15) is 44.6 Å². The van der Waals surface area contributed by atoms with E-state index in [0.29, 0.717) is 32.3 Å². The van der Waals surface area contributed by atoms with Crippen molar-refractivity contribution in [3.05, 3.63) is 29.8 Å². The molecule has 1 aromatic rings. The molecule has 0 bridgehead atoms. The van der Waals surface area contributed by atoms with Crippen molar-refractivity contribution in [3.8, 4) is 5.75 Å². The Kier molecular flexibility index (Phi) is 7.45. The lowest BCUT2D eigenvalue weighted by Gasteiger charge is -2.29. The van der Waals surface area contributed by atoms with E-state index in [-0.39, 0.29) is 23.4 Å². The quantitative estimate of drug-likeness (QED) is 0.669. The van der Waals surface area contributed by atoms with Crippen LogP contribution >= 0.6 is 0 Å². The number of amides is 2. The lowest BCUT2D eigenvalue weighted by molar-refractivity contribution is -0.123. The van der Waals surface area contributed by atoms with Crippen molar-refractivity contribution in [1.82, 2.24) is 10.6 Å². The van der Waals surface area contributed by atoms with Gasteiger partial charge in [0.05, 0.1) is 19.8 Å². The number of benzene rings is 1. The SMILES string of the molecule is CC[C@H](COC)NC(=O)CC[C@@]1(Cc2ccc(OC)cc2)CCC(=O)N1. The van der Waals surface area contributed by atoms with Gasteiger partial charge in [-0.1, -0.05) is 19.1 Å². The van der Waals surface area contributed by atoms with Gasteiger partial charge in [0.15, 0.2) is 0 Å². The molecule has 1 saturated heterocycles. The molecule has 0 spiro atoms. The van der Waals surface area contributed by atoms with Gasteiger partial charge in [-0.2, -0.15) is 0 Å². The van der Waals surface area contributed by atoms with Gasteiger partial charge < -0.3 is 20.1 Å². The minimum absolute atomic E-state index is 0.00385. The number of methoxy groups -OCH3 is 2. The second-order valence-electron chi connectivity index (χ2n) is 6.98. The molecule has 0 aliphatic carbocycles. The van der Waals surface area contributed by atoms with E-state index >= 15 is 0 Å². The van der Waals surface area contributed by atoms with Crippen LogP contribution in [0, 0.1) is 0 Å². The Hall–Kier alpha value is -2.08. The zero-order valence-electron chi connectivity index (χ0n) is 16.0. The number of nitrogens with one attached hydrogen (secondary N) is 2.